The van der Waals surface area contributed by atoms with Gasteiger partial charge in [0.15, 0.2) is 6.54 Å². The highest BCUT2D eigenvalue weighted by atomic mass is 16.5. The van der Waals surface area contributed by atoms with Crippen molar-refractivity contribution < 1.29 is 9.53 Å². The highest BCUT2D eigenvalue weighted by Crippen LogP contribution is 2.11. The molecule has 0 saturated carbocycles. The van der Waals surface area contributed by atoms with Crippen molar-refractivity contribution in [1.82, 2.24) is 20.2 Å². The van der Waals surface area contributed by atoms with E-state index < -0.39 is 0 Å². The number of tetrazole rings is 1. The van der Waals surface area contributed by atoms with Crippen LogP contribution in [0.4, 0.5) is 0 Å². The Morgan fingerprint density at radius 3 is 2.84 bits per heavy atom. The predicted molar refractivity (Wildman–Crippen MR) is 69.1 cm³/mol. The van der Waals surface area contributed by atoms with Crippen LogP contribution in [0.25, 0.3) is 11.4 Å². The van der Waals surface area contributed by atoms with E-state index in [0.717, 1.165) is 18.4 Å². The molecule has 0 amide bonds. The highest BCUT2D eigenvalue weighted by Gasteiger charge is 2.09. The SMILES string of the molecule is CCCCOC(=O)Cn1nnc(-c2ccccc2)n1. The molecule has 1 aromatic heterocycles. The van der Waals surface area contributed by atoms with E-state index in [1.54, 1.807) is 0 Å². The number of hydrogen-bond acceptors (Lipinski definition) is 5. The van der Waals surface area contributed by atoms with Crippen molar-refractivity contribution in [2.75, 3.05) is 6.61 Å². The molecule has 0 aliphatic rings. The molecule has 2 aromatic rings. The van der Waals surface area contributed by atoms with Gasteiger partial charge in [-0.25, -0.2) is 4.79 Å². The van der Waals surface area contributed by atoms with E-state index in [0.29, 0.717) is 12.4 Å². The predicted octanol–water partition coefficient (Wildman–Crippen LogP) is 1.68. The van der Waals surface area contributed by atoms with Crippen molar-refractivity contribution in [3.8, 4) is 11.4 Å². The van der Waals surface area contributed by atoms with Crippen LogP contribution < -0.4 is 0 Å². The van der Waals surface area contributed by atoms with E-state index in [1.807, 2.05) is 37.3 Å². The Morgan fingerprint density at radius 1 is 1.32 bits per heavy atom. The number of rotatable bonds is 6. The second kappa shape index (κ2) is 6.63. The zero-order valence-electron chi connectivity index (χ0n) is 10.8. The average molecular weight is 260 g/mol. The molecule has 100 valence electrons. The summed E-state index contributed by atoms with van der Waals surface area (Å²) in [5.41, 5.74) is 0.869. The molecule has 0 N–H and O–H groups in total. The first-order chi connectivity index (χ1) is 9.29. The third-order valence-corrected chi connectivity index (χ3v) is 2.52. The second-order valence-electron chi connectivity index (χ2n) is 4.08. The zero-order valence-corrected chi connectivity index (χ0v) is 10.8. The van der Waals surface area contributed by atoms with Crippen LogP contribution >= 0.6 is 0 Å². The Morgan fingerprint density at radius 2 is 2.11 bits per heavy atom. The van der Waals surface area contributed by atoms with Crippen LogP contribution in [0.2, 0.25) is 0 Å². The summed E-state index contributed by atoms with van der Waals surface area (Å²) in [7, 11) is 0. The molecule has 19 heavy (non-hydrogen) atoms. The molecule has 0 unspecified atom stereocenters. The van der Waals surface area contributed by atoms with E-state index in [-0.39, 0.29) is 12.5 Å². The molecule has 0 aliphatic heterocycles. The van der Waals surface area contributed by atoms with Gasteiger partial charge in [-0.15, -0.1) is 10.2 Å². The largest absolute Gasteiger partial charge is 0.464 e. The molecule has 0 saturated heterocycles. The Labute approximate surface area is 111 Å². The molecular formula is C13H16N4O2. The quantitative estimate of drug-likeness (QED) is 0.584. The van der Waals surface area contributed by atoms with Gasteiger partial charge in [-0.05, 0) is 11.6 Å². The van der Waals surface area contributed by atoms with Gasteiger partial charge in [0.2, 0.25) is 5.82 Å². The van der Waals surface area contributed by atoms with Crippen LogP contribution in [-0.4, -0.2) is 32.8 Å². The minimum absolute atomic E-state index is 0.0104. The molecule has 6 heteroatoms. The first kappa shape index (κ1) is 13.2. The van der Waals surface area contributed by atoms with E-state index in [4.69, 9.17) is 4.74 Å². The normalized spacial score (nSPS) is 10.4. The number of hydrogen-bond donors (Lipinski definition) is 0. The average Bonchev–Trinajstić information content (AvgIpc) is 2.88. The van der Waals surface area contributed by atoms with Gasteiger partial charge < -0.3 is 4.74 Å². The van der Waals surface area contributed by atoms with Gasteiger partial charge in [-0.1, -0.05) is 43.7 Å². The first-order valence-corrected chi connectivity index (χ1v) is 6.28. The van der Waals surface area contributed by atoms with Gasteiger partial charge in [-0.3, -0.25) is 0 Å². The van der Waals surface area contributed by atoms with E-state index in [1.165, 1.54) is 4.80 Å². The standard InChI is InChI=1S/C13H16N4O2/c1-2-3-9-19-12(18)10-17-15-13(14-16-17)11-7-5-4-6-8-11/h4-8H,2-3,9-10H2,1H3. The van der Waals surface area contributed by atoms with Crippen molar-refractivity contribution in [2.24, 2.45) is 0 Å². The maximum absolute atomic E-state index is 11.5. The van der Waals surface area contributed by atoms with Crippen LogP contribution in [0.1, 0.15) is 19.8 Å². The Balaban J connectivity index is 1.93. The van der Waals surface area contributed by atoms with Crippen molar-refractivity contribution in [2.45, 2.75) is 26.3 Å². The molecule has 1 heterocycles. The fraction of sp³-hybridized carbons (Fsp3) is 0.385. The molecule has 6 nitrogen and oxygen atoms in total. The lowest BCUT2D eigenvalue weighted by Gasteiger charge is -2.01. The topological polar surface area (TPSA) is 69.9 Å². The third-order valence-electron chi connectivity index (χ3n) is 2.52. The molecule has 0 fully saturated rings. The molecule has 1 aromatic carbocycles. The van der Waals surface area contributed by atoms with Crippen molar-refractivity contribution in [1.29, 1.82) is 0 Å². The number of benzene rings is 1. The summed E-state index contributed by atoms with van der Waals surface area (Å²) in [5, 5.41) is 11.9. The molecule has 0 aliphatic carbocycles. The first-order valence-electron chi connectivity index (χ1n) is 6.28. The Bertz CT molecular complexity index is 524. The third kappa shape index (κ3) is 3.87. The number of nitrogens with zero attached hydrogens (tertiary/aromatic N) is 4. The lowest BCUT2D eigenvalue weighted by atomic mass is 10.2. The number of esters is 1. The number of unbranched alkanes of at least 4 members (excludes halogenated alkanes) is 1. The fourth-order valence-corrected chi connectivity index (χ4v) is 1.50. The highest BCUT2D eigenvalue weighted by molar-refractivity contribution is 5.68. The maximum atomic E-state index is 11.5. The van der Waals surface area contributed by atoms with Gasteiger partial charge in [-0.2, -0.15) is 4.80 Å². The summed E-state index contributed by atoms with van der Waals surface area (Å²) in [6, 6.07) is 9.49. The number of ether oxygens (including phenoxy) is 1. The van der Waals surface area contributed by atoms with Crippen molar-refractivity contribution in [3.05, 3.63) is 30.3 Å². The van der Waals surface area contributed by atoms with Crippen molar-refractivity contribution >= 4 is 5.97 Å². The minimum Gasteiger partial charge on any atom is -0.464 e. The van der Waals surface area contributed by atoms with Crippen LogP contribution in [0.5, 0.6) is 0 Å². The van der Waals surface area contributed by atoms with Crippen LogP contribution in [0, 0.1) is 0 Å². The summed E-state index contributed by atoms with van der Waals surface area (Å²) in [6.07, 6.45) is 1.86. The Hall–Kier alpha value is -2.24. The van der Waals surface area contributed by atoms with Crippen LogP contribution in [0.15, 0.2) is 30.3 Å². The number of carbonyl (C=O) groups is 1. The van der Waals surface area contributed by atoms with E-state index in [9.17, 15) is 4.79 Å². The second-order valence-corrected chi connectivity index (χ2v) is 4.08. The lowest BCUT2D eigenvalue weighted by Crippen LogP contribution is -2.16. The summed E-state index contributed by atoms with van der Waals surface area (Å²) >= 11 is 0. The van der Waals surface area contributed by atoms with Gasteiger partial charge in [0.05, 0.1) is 6.61 Å². The lowest BCUT2D eigenvalue weighted by molar-refractivity contribution is -0.144. The van der Waals surface area contributed by atoms with Gasteiger partial charge >= 0.3 is 5.97 Å². The van der Waals surface area contributed by atoms with E-state index in [2.05, 4.69) is 15.4 Å². The van der Waals surface area contributed by atoms with Gasteiger partial charge in [0.1, 0.15) is 0 Å². The molecule has 0 atom stereocenters. The fourth-order valence-electron chi connectivity index (χ4n) is 1.50. The Kier molecular flexibility index (Phi) is 4.60. The van der Waals surface area contributed by atoms with Gasteiger partial charge in [0.25, 0.3) is 0 Å². The van der Waals surface area contributed by atoms with Crippen molar-refractivity contribution in [3.63, 3.8) is 0 Å². The zero-order chi connectivity index (χ0) is 13.5. The summed E-state index contributed by atoms with van der Waals surface area (Å²) < 4.78 is 5.03. The van der Waals surface area contributed by atoms with E-state index >= 15 is 0 Å². The molecular weight excluding hydrogens is 244 g/mol. The molecule has 0 bridgehead atoms. The smallest absolute Gasteiger partial charge is 0.329 e. The summed E-state index contributed by atoms with van der Waals surface area (Å²) in [6.45, 7) is 2.47. The molecule has 0 spiro atoms. The summed E-state index contributed by atoms with van der Waals surface area (Å²) in [4.78, 5) is 12.7. The number of carbonyl (C=O) groups excluding carboxylic acids is 1. The van der Waals surface area contributed by atoms with Crippen LogP contribution in [-0.2, 0) is 16.1 Å². The summed E-state index contributed by atoms with van der Waals surface area (Å²) in [5.74, 6) is 0.160. The number of aromatic nitrogens is 4. The van der Waals surface area contributed by atoms with Crippen LogP contribution in [0.3, 0.4) is 0 Å². The maximum Gasteiger partial charge on any atom is 0.329 e. The molecule has 2 rings (SSSR count). The molecule has 0 radical (unpaired) electrons. The monoisotopic (exact) mass is 260 g/mol. The van der Waals surface area contributed by atoms with Gasteiger partial charge in [0, 0.05) is 5.56 Å². The minimum atomic E-state index is -0.342.